The number of amides is 1. The molecule has 1 saturated heterocycles. The van der Waals surface area contributed by atoms with Crippen LogP contribution in [0.5, 0.6) is 0 Å². The van der Waals surface area contributed by atoms with Gasteiger partial charge < -0.3 is 20.1 Å². The summed E-state index contributed by atoms with van der Waals surface area (Å²) in [5.74, 6) is -0.371. The fraction of sp³-hybridized carbons (Fsp3) is 0.615. The Labute approximate surface area is 197 Å². The van der Waals surface area contributed by atoms with E-state index in [0.29, 0.717) is 6.61 Å². The number of carbonyl (C=O) groups excluding carboxylic acids is 1. The Bertz CT molecular complexity index is 600. The number of anilines is 1. The molecular formula is C26H47N3O3. The van der Waals surface area contributed by atoms with Crippen LogP contribution in [0.2, 0.25) is 0 Å². The Morgan fingerprint density at radius 1 is 1.12 bits per heavy atom. The summed E-state index contributed by atoms with van der Waals surface area (Å²) in [5.41, 5.74) is 2.07. The van der Waals surface area contributed by atoms with Gasteiger partial charge in [-0.1, -0.05) is 73.4 Å². The molecule has 1 amide bonds. The lowest BCUT2D eigenvalue weighted by Gasteiger charge is -2.28. The number of carbonyl (C=O) groups is 1. The average molecular weight is 450 g/mol. The van der Waals surface area contributed by atoms with Crippen LogP contribution in [0.4, 0.5) is 5.69 Å². The van der Waals surface area contributed by atoms with E-state index >= 15 is 0 Å². The van der Waals surface area contributed by atoms with E-state index in [1.54, 1.807) is 6.08 Å². The first-order chi connectivity index (χ1) is 15.6. The van der Waals surface area contributed by atoms with Gasteiger partial charge >= 0.3 is 0 Å². The maximum atomic E-state index is 11.4. The number of aliphatic hydroxyl groups excluding tert-OH is 1. The Kier molecular flexibility index (Phi) is 28.6. The van der Waals surface area contributed by atoms with Crippen molar-refractivity contribution >= 4 is 17.7 Å². The van der Waals surface area contributed by atoms with Gasteiger partial charge in [-0.05, 0) is 30.2 Å². The van der Waals surface area contributed by atoms with Crippen molar-refractivity contribution in [2.75, 3.05) is 44.9 Å². The van der Waals surface area contributed by atoms with Gasteiger partial charge in [-0.2, -0.15) is 5.26 Å². The van der Waals surface area contributed by atoms with Crippen LogP contribution in [0.3, 0.4) is 0 Å². The first-order valence-electron chi connectivity index (χ1n) is 11.9. The van der Waals surface area contributed by atoms with Crippen molar-refractivity contribution in [1.29, 1.82) is 5.26 Å². The fourth-order valence-corrected chi connectivity index (χ4v) is 2.21. The van der Waals surface area contributed by atoms with Crippen molar-refractivity contribution in [3.8, 4) is 6.07 Å². The largest absolute Gasteiger partial charge is 0.396 e. The molecule has 2 N–H and O–H groups in total. The van der Waals surface area contributed by atoms with Gasteiger partial charge in [0.15, 0.2) is 0 Å². The SMILES string of the molecule is CC.CC.CCC.CCCCO.CNC(=O)/C(C#N)=C/c1ccc(N2CCOCC2)cc1. The van der Waals surface area contributed by atoms with E-state index < -0.39 is 0 Å². The zero-order chi connectivity index (χ0) is 25.2. The highest BCUT2D eigenvalue weighted by Crippen LogP contribution is 2.18. The van der Waals surface area contributed by atoms with Crippen LogP contribution >= 0.6 is 0 Å². The molecule has 1 heterocycles. The van der Waals surface area contributed by atoms with Crippen molar-refractivity contribution in [3.63, 3.8) is 0 Å². The number of nitrogens with one attached hydrogen (secondary N) is 1. The molecule has 0 unspecified atom stereocenters. The smallest absolute Gasteiger partial charge is 0.261 e. The number of ether oxygens (including phenoxy) is 1. The second-order valence-electron chi connectivity index (χ2n) is 6.22. The molecule has 2 rings (SSSR count). The van der Waals surface area contributed by atoms with E-state index in [9.17, 15) is 4.79 Å². The van der Waals surface area contributed by atoms with Crippen LogP contribution in [-0.2, 0) is 9.53 Å². The molecule has 6 heteroatoms. The zero-order valence-electron chi connectivity index (χ0n) is 21.7. The van der Waals surface area contributed by atoms with Crippen LogP contribution < -0.4 is 10.2 Å². The number of likely N-dealkylation sites (N-methyl/N-ethyl adjacent to an activating group) is 1. The lowest BCUT2D eigenvalue weighted by molar-refractivity contribution is -0.116. The monoisotopic (exact) mass is 449 g/mol. The molecule has 6 nitrogen and oxygen atoms in total. The summed E-state index contributed by atoms with van der Waals surface area (Å²) in [6.45, 7) is 17.9. The van der Waals surface area contributed by atoms with E-state index in [2.05, 4.69) is 31.0 Å². The van der Waals surface area contributed by atoms with Gasteiger partial charge in [-0.3, -0.25) is 4.79 Å². The molecule has 1 aromatic carbocycles. The quantitative estimate of drug-likeness (QED) is 0.463. The second kappa shape index (κ2) is 26.7. The molecule has 0 saturated carbocycles. The Morgan fingerprint density at radius 3 is 1.97 bits per heavy atom. The minimum Gasteiger partial charge on any atom is -0.396 e. The number of nitrogens with zero attached hydrogens (tertiary/aromatic N) is 2. The van der Waals surface area contributed by atoms with Gasteiger partial charge in [-0.15, -0.1) is 0 Å². The summed E-state index contributed by atoms with van der Waals surface area (Å²) in [4.78, 5) is 13.7. The molecule has 1 aliphatic heterocycles. The van der Waals surface area contributed by atoms with E-state index in [4.69, 9.17) is 15.1 Å². The molecular weight excluding hydrogens is 402 g/mol. The van der Waals surface area contributed by atoms with Crippen LogP contribution in [0, 0.1) is 11.3 Å². The summed E-state index contributed by atoms with van der Waals surface area (Å²) < 4.78 is 5.32. The van der Waals surface area contributed by atoms with E-state index in [-0.39, 0.29) is 11.5 Å². The third-order valence-corrected chi connectivity index (χ3v) is 3.68. The topological polar surface area (TPSA) is 85.6 Å². The fourth-order valence-electron chi connectivity index (χ4n) is 2.21. The van der Waals surface area contributed by atoms with Gasteiger partial charge in [0.25, 0.3) is 5.91 Å². The number of nitriles is 1. The van der Waals surface area contributed by atoms with E-state index in [0.717, 1.165) is 50.4 Å². The summed E-state index contributed by atoms with van der Waals surface area (Å²) >= 11 is 0. The van der Waals surface area contributed by atoms with Crippen molar-refractivity contribution in [3.05, 3.63) is 35.4 Å². The zero-order valence-corrected chi connectivity index (χ0v) is 21.7. The third kappa shape index (κ3) is 17.3. The van der Waals surface area contributed by atoms with Gasteiger partial charge in [0.2, 0.25) is 0 Å². The standard InChI is InChI=1S/C15H17N3O2.C4H10O.C3H8.2C2H6/c1-17-15(19)13(11-16)10-12-2-4-14(5-3-12)18-6-8-20-9-7-18;1-2-3-4-5;1-3-2;2*1-2/h2-5,10H,6-9H2,1H3,(H,17,19);5H,2-4H2,1H3;3H2,1-2H3;2*1-2H3/b13-10+;;;;. The van der Waals surface area contributed by atoms with E-state index in [1.807, 2.05) is 58.0 Å². The van der Waals surface area contributed by atoms with Crippen LogP contribution in [0.25, 0.3) is 6.08 Å². The maximum Gasteiger partial charge on any atom is 0.261 e. The van der Waals surface area contributed by atoms with Crippen molar-refractivity contribution < 1.29 is 14.6 Å². The highest BCUT2D eigenvalue weighted by molar-refractivity contribution is 6.01. The normalized spacial score (nSPS) is 12.0. The van der Waals surface area contributed by atoms with Crippen molar-refractivity contribution in [2.24, 2.45) is 0 Å². The molecule has 0 bridgehead atoms. The van der Waals surface area contributed by atoms with Crippen LogP contribution in [0.1, 0.15) is 73.3 Å². The molecule has 1 aromatic rings. The minimum atomic E-state index is -0.371. The lowest BCUT2D eigenvalue weighted by Crippen LogP contribution is -2.36. The summed E-state index contributed by atoms with van der Waals surface area (Å²) in [7, 11) is 1.51. The maximum absolute atomic E-state index is 11.4. The van der Waals surface area contributed by atoms with Gasteiger partial charge in [-0.25, -0.2) is 0 Å². The summed E-state index contributed by atoms with van der Waals surface area (Å²) in [6.07, 6.45) is 4.87. The van der Waals surface area contributed by atoms with Gasteiger partial charge in [0, 0.05) is 32.4 Å². The highest BCUT2D eigenvalue weighted by Gasteiger charge is 2.11. The van der Waals surface area contributed by atoms with Crippen molar-refractivity contribution in [2.45, 2.75) is 67.7 Å². The molecule has 32 heavy (non-hydrogen) atoms. The number of rotatable bonds is 5. The molecule has 0 spiro atoms. The first kappa shape index (κ1) is 34.3. The number of hydrogen-bond acceptors (Lipinski definition) is 5. The molecule has 0 atom stereocenters. The Morgan fingerprint density at radius 2 is 1.62 bits per heavy atom. The summed E-state index contributed by atoms with van der Waals surface area (Å²) in [5, 5.41) is 19.5. The van der Waals surface area contributed by atoms with Crippen molar-refractivity contribution in [1.82, 2.24) is 5.32 Å². The van der Waals surface area contributed by atoms with Gasteiger partial charge in [0.1, 0.15) is 11.6 Å². The van der Waals surface area contributed by atoms with Crippen LogP contribution in [-0.4, -0.2) is 51.0 Å². The number of aliphatic hydroxyl groups is 1. The molecule has 1 aliphatic rings. The highest BCUT2D eigenvalue weighted by atomic mass is 16.5. The number of benzene rings is 1. The predicted octanol–water partition coefficient (Wildman–Crippen LogP) is 5.42. The number of morpholine rings is 1. The average Bonchev–Trinajstić information content (AvgIpc) is 2.87. The Balaban J connectivity index is -0.000000590. The predicted molar refractivity (Wildman–Crippen MR) is 138 cm³/mol. The Hall–Kier alpha value is -2.36. The lowest BCUT2D eigenvalue weighted by atomic mass is 10.1. The summed E-state index contributed by atoms with van der Waals surface area (Å²) in [6, 6.07) is 9.71. The first-order valence-corrected chi connectivity index (χ1v) is 11.9. The molecule has 0 radical (unpaired) electrons. The number of unbranched alkanes of at least 4 members (excludes halogenated alkanes) is 1. The minimum absolute atomic E-state index is 0.103. The van der Waals surface area contributed by atoms with E-state index in [1.165, 1.54) is 13.5 Å². The molecule has 1 fully saturated rings. The van der Waals surface area contributed by atoms with Gasteiger partial charge in [0.05, 0.1) is 13.2 Å². The molecule has 184 valence electrons. The van der Waals surface area contributed by atoms with Crippen LogP contribution in [0.15, 0.2) is 29.8 Å². The number of hydrogen-bond donors (Lipinski definition) is 2. The molecule has 0 aliphatic carbocycles. The second-order valence-corrected chi connectivity index (χ2v) is 6.22. The molecule has 0 aromatic heterocycles. The third-order valence-electron chi connectivity index (χ3n) is 3.68.